The molecular formula is C30H42FN3O2. The summed E-state index contributed by atoms with van der Waals surface area (Å²) in [6, 6.07) is 16.1. The Morgan fingerprint density at radius 1 is 1.14 bits per heavy atom. The predicted octanol–water partition coefficient (Wildman–Crippen LogP) is 5.56. The second-order valence-electron chi connectivity index (χ2n) is 10.6. The fraction of sp³-hybridized carbons (Fsp3) is 0.467. The molecule has 3 unspecified atom stereocenters. The zero-order valence-electron chi connectivity index (χ0n) is 22.5. The van der Waals surface area contributed by atoms with Crippen molar-refractivity contribution in [1.29, 1.82) is 0 Å². The Labute approximate surface area is 216 Å². The van der Waals surface area contributed by atoms with E-state index >= 15 is 4.39 Å². The van der Waals surface area contributed by atoms with Crippen LogP contribution in [0.1, 0.15) is 56.7 Å². The molecule has 0 spiro atoms. The van der Waals surface area contributed by atoms with E-state index in [9.17, 15) is 5.11 Å². The summed E-state index contributed by atoms with van der Waals surface area (Å²) >= 11 is 0. The van der Waals surface area contributed by atoms with Crippen LogP contribution in [0.3, 0.4) is 0 Å². The normalized spacial score (nSPS) is 17.5. The van der Waals surface area contributed by atoms with E-state index in [1.807, 2.05) is 68.6 Å². The fourth-order valence-corrected chi connectivity index (χ4v) is 4.51. The highest BCUT2D eigenvalue weighted by molar-refractivity contribution is 5.59. The van der Waals surface area contributed by atoms with Crippen LogP contribution in [0.2, 0.25) is 0 Å². The molecule has 5 nitrogen and oxygen atoms in total. The van der Waals surface area contributed by atoms with Crippen LogP contribution in [-0.4, -0.2) is 43.1 Å². The number of allylic oxidation sites excluding steroid dienone is 2. The number of benzene rings is 2. The largest absolute Gasteiger partial charge is 0.474 e. The molecule has 0 saturated carbocycles. The molecule has 36 heavy (non-hydrogen) atoms. The lowest BCUT2D eigenvalue weighted by Crippen LogP contribution is -2.38. The molecule has 1 heterocycles. The summed E-state index contributed by atoms with van der Waals surface area (Å²) in [5.41, 5.74) is 5.08. The highest BCUT2D eigenvalue weighted by Crippen LogP contribution is 2.31. The van der Waals surface area contributed by atoms with Gasteiger partial charge in [-0.1, -0.05) is 42.5 Å². The number of alkyl halides is 1. The minimum Gasteiger partial charge on any atom is -0.474 e. The molecule has 0 radical (unpaired) electrons. The number of rotatable bonds is 11. The number of aryl methyl sites for hydroxylation is 1. The molecule has 3 atom stereocenters. The number of hydrogen-bond acceptors (Lipinski definition) is 5. The molecule has 196 valence electrons. The summed E-state index contributed by atoms with van der Waals surface area (Å²) in [6.07, 6.45) is 3.28. The van der Waals surface area contributed by atoms with Crippen LogP contribution < -0.4 is 15.5 Å². The molecule has 0 aliphatic carbocycles. The van der Waals surface area contributed by atoms with Crippen molar-refractivity contribution in [1.82, 2.24) is 10.6 Å². The zero-order chi connectivity index (χ0) is 26.3. The Bertz CT molecular complexity index is 1050. The van der Waals surface area contributed by atoms with Gasteiger partial charge in [-0.2, -0.15) is 0 Å². The van der Waals surface area contributed by atoms with E-state index in [0.29, 0.717) is 19.6 Å². The van der Waals surface area contributed by atoms with Gasteiger partial charge in [0.05, 0.1) is 12.6 Å². The Balaban J connectivity index is 1.67. The van der Waals surface area contributed by atoms with Crippen molar-refractivity contribution in [3.05, 3.63) is 89.0 Å². The van der Waals surface area contributed by atoms with Gasteiger partial charge in [0.1, 0.15) is 12.8 Å². The number of ether oxygens (including phenoxy) is 1. The summed E-state index contributed by atoms with van der Waals surface area (Å²) in [5, 5.41) is 16.7. The first-order valence-corrected chi connectivity index (χ1v) is 12.8. The number of likely N-dealkylation sites (N-methyl/N-ethyl adjacent to an activating group) is 1. The summed E-state index contributed by atoms with van der Waals surface area (Å²) in [7, 11) is 2.04. The average Bonchev–Trinajstić information content (AvgIpc) is 2.83. The number of aliphatic hydroxyl groups is 1. The minimum atomic E-state index is -1.11. The van der Waals surface area contributed by atoms with Crippen LogP contribution in [0.15, 0.2) is 72.3 Å². The second kappa shape index (κ2) is 12.4. The predicted molar refractivity (Wildman–Crippen MR) is 147 cm³/mol. The van der Waals surface area contributed by atoms with E-state index in [1.165, 1.54) is 0 Å². The lowest BCUT2D eigenvalue weighted by molar-refractivity contribution is 0.172. The van der Waals surface area contributed by atoms with Gasteiger partial charge in [0.25, 0.3) is 0 Å². The van der Waals surface area contributed by atoms with Gasteiger partial charge in [-0.3, -0.25) is 0 Å². The lowest BCUT2D eigenvalue weighted by atomic mass is 9.91. The zero-order valence-corrected chi connectivity index (χ0v) is 22.5. The molecule has 0 aromatic heterocycles. The molecule has 0 bridgehead atoms. The number of nitrogens with zero attached hydrogens (tertiary/aromatic N) is 1. The van der Waals surface area contributed by atoms with E-state index in [4.69, 9.17) is 4.74 Å². The maximum Gasteiger partial charge on any atom is 0.187 e. The first kappa shape index (κ1) is 27.8. The molecule has 1 aliphatic rings. The van der Waals surface area contributed by atoms with Crippen molar-refractivity contribution < 1.29 is 14.2 Å². The van der Waals surface area contributed by atoms with Crippen LogP contribution in [0.25, 0.3) is 0 Å². The van der Waals surface area contributed by atoms with Crippen molar-refractivity contribution >= 4 is 5.69 Å². The van der Waals surface area contributed by atoms with Gasteiger partial charge >= 0.3 is 0 Å². The number of nitrogens with one attached hydrogen (secondary N) is 2. The molecule has 3 rings (SSSR count). The Hall–Kier alpha value is -2.83. The van der Waals surface area contributed by atoms with Crippen LogP contribution in [0, 0.1) is 6.92 Å². The quantitative estimate of drug-likeness (QED) is 0.381. The van der Waals surface area contributed by atoms with Crippen LogP contribution >= 0.6 is 0 Å². The average molecular weight is 496 g/mol. The monoisotopic (exact) mass is 495 g/mol. The lowest BCUT2D eigenvalue weighted by Gasteiger charge is -2.32. The van der Waals surface area contributed by atoms with Gasteiger partial charge < -0.3 is 25.4 Å². The van der Waals surface area contributed by atoms with E-state index in [2.05, 4.69) is 49.3 Å². The van der Waals surface area contributed by atoms with Gasteiger partial charge in [-0.25, -0.2) is 4.39 Å². The maximum absolute atomic E-state index is 15.0. The Morgan fingerprint density at radius 2 is 1.86 bits per heavy atom. The molecule has 0 fully saturated rings. The van der Waals surface area contributed by atoms with Gasteiger partial charge in [-0.05, 0) is 82.5 Å². The van der Waals surface area contributed by atoms with Gasteiger partial charge in [0, 0.05) is 29.9 Å². The molecule has 1 aliphatic heterocycles. The molecule has 0 saturated heterocycles. The number of hydrogen-bond donors (Lipinski definition) is 3. The third kappa shape index (κ3) is 7.58. The molecule has 2 aromatic rings. The molecular weight excluding hydrogens is 453 g/mol. The van der Waals surface area contributed by atoms with Crippen molar-refractivity contribution in [2.75, 3.05) is 25.1 Å². The topological polar surface area (TPSA) is 56.8 Å². The number of halogens is 1. The van der Waals surface area contributed by atoms with Crippen molar-refractivity contribution in [3.63, 3.8) is 0 Å². The maximum atomic E-state index is 15.0. The Kier molecular flexibility index (Phi) is 9.57. The minimum absolute atomic E-state index is 0.0545. The van der Waals surface area contributed by atoms with Crippen LogP contribution in [0.4, 0.5) is 10.1 Å². The van der Waals surface area contributed by atoms with E-state index < -0.39 is 12.1 Å². The Morgan fingerprint density at radius 3 is 2.47 bits per heavy atom. The number of aliphatic hydroxyl groups excluding tert-OH is 1. The summed E-state index contributed by atoms with van der Waals surface area (Å²) in [4.78, 5) is 2.15. The first-order chi connectivity index (χ1) is 17.1. The third-order valence-electron chi connectivity index (χ3n) is 6.55. The highest BCUT2D eigenvalue weighted by Gasteiger charge is 2.25. The molecule has 6 heteroatoms. The van der Waals surface area contributed by atoms with Crippen LogP contribution in [-0.2, 0) is 11.3 Å². The van der Waals surface area contributed by atoms with Gasteiger partial charge in [-0.15, -0.1) is 0 Å². The smallest absolute Gasteiger partial charge is 0.187 e. The first-order valence-electron chi connectivity index (χ1n) is 12.8. The molecule has 2 aromatic carbocycles. The second-order valence-corrected chi connectivity index (χ2v) is 10.6. The van der Waals surface area contributed by atoms with E-state index in [-0.39, 0.29) is 18.2 Å². The van der Waals surface area contributed by atoms with Crippen molar-refractivity contribution in [2.45, 2.75) is 71.3 Å². The highest BCUT2D eigenvalue weighted by atomic mass is 19.1. The van der Waals surface area contributed by atoms with E-state index in [0.717, 1.165) is 34.0 Å². The molecule has 0 amide bonds. The number of dihydropyridines is 1. The number of anilines is 1. The van der Waals surface area contributed by atoms with Crippen LogP contribution in [0.5, 0.6) is 0 Å². The fourth-order valence-electron chi connectivity index (χ4n) is 4.51. The summed E-state index contributed by atoms with van der Waals surface area (Å²) in [5.74, 6) is 0.211. The third-order valence-corrected chi connectivity index (χ3v) is 6.55. The van der Waals surface area contributed by atoms with Gasteiger partial charge in [0.15, 0.2) is 5.88 Å². The van der Waals surface area contributed by atoms with Crippen molar-refractivity contribution in [3.8, 4) is 0 Å². The van der Waals surface area contributed by atoms with Crippen molar-refractivity contribution in [2.24, 2.45) is 0 Å². The summed E-state index contributed by atoms with van der Waals surface area (Å²) in [6.45, 7) is 11.2. The SMILES string of the molecule is Cc1cc(C(CO)C(F)CCNC(C)(C)C)ccc1N(C)C1=CC=C(OCc2ccccc2)NC1C. The van der Waals surface area contributed by atoms with E-state index in [1.54, 1.807) is 0 Å². The summed E-state index contributed by atoms with van der Waals surface area (Å²) < 4.78 is 21.0. The van der Waals surface area contributed by atoms with Gasteiger partial charge in [0.2, 0.25) is 0 Å². The molecule has 3 N–H and O–H groups in total. The standard InChI is InChI=1S/C30H42FN3O2/c1-21-18-24(25(19-35)26(31)16-17-32-30(3,4)5)12-13-27(21)34(6)28-14-15-29(33-22(28)2)36-20-23-10-8-7-9-11-23/h7-15,18,22,25-26,32-33,35H,16-17,19-20H2,1-6H3.